The summed E-state index contributed by atoms with van der Waals surface area (Å²) in [5.74, 6) is 2.04. The minimum Gasteiger partial charge on any atom is -0.357 e. The first-order valence-electron chi connectivity index (χ1n) is 5.89. The molecule has 0 unspecified atom stereocenters. The Morgan fingerprint density at radius 2 is 2.12 bits per heavy atom. The second kappa shape index (κ2) is 7.50. The van der Waals surface area contributed by atoms with E-state index in [0.717, 1.165) is 30.4 Å². The Labute approximate surface area is 108 Å². The molecule has 1 aromatic rings. The second-order valence-electron chi connectivity index (χ2n) is 4.33. The molecule has 5 heteroatoms. The van der Waals surface area contributed by atoms with E-state index in [9.17, 15) is 0 Å². The van der Waals surface area contributed by atoms with Gasteiger partial charge in [-0.05, 0) is 18.4 Å². The summed E-state index contributed by atoms with van der Waals surface area (Å²) in [6.07, 6.45) is 2.11. The summed E-state index contributed by atoms with van der Waals surface area (Å²) in [4.78, 5) is 2.13. The van der Waals surface area contributed by atoms with E-state index in [4.69, 9.17) is 0 Å². The molecule has 96 valence electrons. The molecule has 0 radical (unpaired) electrons. The van der Waals surface area contributed by atoms with Gasteiger partial charge in [-0.25, -0.2) is 0 Å². The van der Waals surface area contributed by atoms with Crippen LogP contribution >= 0.6 is 11.8 Å². The van der Waals surface area contributed by atoms with Gasteiger partial charge in [0.15, 0.2) is 5.82 Å². The topological polar surface area (TPSA) is 41.0 Å². The molecule has 1 aromatic heterocycles. The number of hydrogen-bond donors (Lipinski definition) is 1. The van der Waals surface area contributed by atoms with E-state index in [1.807, 2.05) is 30.9 Å². The lowest BCUT2D eigenvalue weighted by Crippen LogP contribution is -2.24. The quantitative estimate of drug-likeness (QED) is 0.803. The number of nitrogens with zero attached hydrogens (tertiary/aromatic N) is 3. The van der Waals surface area contributed by atoms with Gasteiger partial charge >= 0.3 is 0 Å². The van der Waals surface area contributed by atoms with Crippen molar-refractivity contribution in [1.29, 1.82) is 0 Å². The molecule has 0 atom stereocenters. The summed E-state index contributed by atoms with van der Waals surface area (Å²) < 4.78 is 0. The molecule has 0 aliphatic rings. The van der Waals surface area contributed by atoms with Crippen molar-refractivity contribution in [1.82, 2.24) is 15.5 Å². The Kier molecular flexibility index (Phi) is 6.29. The first kappa shape index (κ1) is 14.3. The molecule has 1 heterocycles. The van der Waals surface area contributed by atoms with E-state index in [-0.39, 0.29) is 0 Å². The fraction of sp³-hybridized carbons (Fsp3) is 0.667. The molecule has 1 rings (SSSR count). The van der Waals surface area contributed by atoms with Crippen molar-refractivity contribution in [3.63, 3.8) is 0 Å². The molecule has 4 nitrogen and oxygen atoms in total. The lowest BCUT2D eigenvalue weighted by atomic mass is 10.3. The summed E-state index contributed by atoms with van der Waals surface area (Å²) in [6.45, 7) is 6.02. The number of anilines is 1. The van der Waals surface area contributed by atoms with Crippen LogP contribution in [0, 0.1) is 0 Å². The van der Waals surface area contributed by atoms with Gasteiger partial charge < -0.3 is 10.2 Å². The smallest absolute Gasteiger partial charge is 0.151 e. The molecule has 0 saturated carbocycles. The first-order chi connectivity index (χ1) is 8.13. The summed E-state index contributed by atoms with van der Waals surface area (Å²) >= 11 is 1.84. The van der Waals surface area contributed by atoms with E-state index < -0.39 is 0 Å². The minimum absolute atomic E-state index is 0.473. The number of thioether (sulfide) groups is 1. The lowest BCUT2D eigenvalue weighted by Gasteiger charge is -2.16. The van der Waals surface area contributed by atoms with E-state index in [1.54, 1.807) is 0 Å². The van der Waals surface area contributed by atoms with Gasteiger partial charge in [0, 0.05) is 31.9 Å². The van der Waals surface area contributed by atoms with Crippen LogP contribution in [0.15, 0.2) is 12.1 Å². The average Bonchev–Trinajstić information content (AvgIpc) is 2.34. The Hall–Kier alpha value is -0.810. The third-order valence-electron chi connectivity index (χ3n) is 2.42. The van der Waals surface area contributed by atoms with Gasteiger partial charge in [0.25, 0.3) is 0 Å². The van der Waals surface area contributed by atoms with Crippen LogP contribution in [-0.2, 0) is 6.54 Å². The maximum absolute atomic E-state index is 4.24. The van der Waals surface area contributed by atoms with E-state index in [0.29, 0.717) is 6.04 Å². The molecule has 0 amide bonds. The third-order valence-corrected chi connectivity index (χ3v) is 3.01. The highest BCUT2D eigenvalue weighted by molar-refractivity contribution is 7.98. The van der Waals surface area contributed by atoms with Crippen LogP contribution in [0.5, 0.6) is 0 Å². The molecule has 0 aromatic carbocycles. The van der Waals surface area contributed by atoms with Crippen LogP contribution in [-0.4, -0.2) is 41.8 Å². The zero-order valence-electron chi connectivity index (χ0n) is 11.1. The number of nitrogens with one attached hydrogen (secondary N) is 1. The Bertz CT molecular complexity index is 313. The van der Waals surface area contributed by atoms with Gasteiger partial charge in [-0.1, -0.05) is 13.8 Å². The Morgan fingerprint density at radius 1 is 1.35 bits per heavy atom. The monoisotopic (exact) mass is 254 g/mol. The van der Waals surface area contributed by atoms with E-state index in [1.165, 1.54) is 0 Å². The highest BCUT2D eigenvalue weighted by Gasteiger charge is 2.03. The van der Waals surface area contributed by atoms with Gasteiger partial charge in [0.2, 0.25) is 0 Å². The predicted octanol–water partition coefficient (Wildman–Crippen LogP) is 1.77. The molecule has 0 bridgehead atoms. The van der Waals surface area contributed by atoms with Crippen LogP contribution < -0.4 is 10.2 Å². The summed E-state index contributed by atoms with van der Waals surface area (Å²) in [5.41, 5.74) is 0.987. The fourth-order valence-electron chi connectivity index (χ4n) is 1.30. The highest BCUT2D eigenvalue weighted by Crippen LogP contribution is 2.08. The van der Waals surface area contributed by atoms with Gasteiger partial charge in [0.05, 0.1) is 5.69 Å². The number of rotatable bonds is 7. The molecule has 0 aliphatic carbocycles. The maximum atomic E-state index is 4.24. The number of hydrogen-bond acceptors (Lipinski definition) is 5. The largest absolute Gasteiger partial charge is 0.357 e. The maximum Gasteiger partial charge on any atom is 0.151 e. The molecule has 1 N–H and O–H groups in total. The van der Waals surface area contributed by atoms with Gasteiger partial charge in [-0.2, -0.15) is 16.9 Å². The first-order valence-corrected chi connectivity index (χ1v) is 7.29. The van der Waals surface area contributed by atoms with Gasteiger partial charge in [-0.3, -0.25) is 0 Å². The van der Waals surface area contributed by atoms with Crippen molar-refractivity contribution < 1.29 is 0 Å². The van der Waals surface area contributed by atoms with Crippen molar-refractivity contribution in [3.05, 3.63) is 17.8 Å². The molecule has 17 heavy (non-hydrogen) atoms. The minimum atomic E-state index is 0.473. The highest BCUT2D eigenvalue weighted by atomic mass is 32.2. The molecule has 0 saturated heterocycles. The zero-order chi connectivity index (χ0) is 12.7. The standard InChI is InChI=1S/C12H22N4S/c1-10(2)13-9-11-5-6-12(15-14-11)16(3)7-8-17-4/h5-6,10,13H,7-9H2,1-4H3. The van der Waals surface area contributed by atoms with Crippen LogP contribution in [0.25, 0.3) is 0 Å². The second-order valence-corrected chi connectivity index (χ2v) is 5.32. The molecule has 0 fully saturated rings. The van der Waals surface area contributed by atoms with E-state index in [2.05, 4.69) is 40.5 Å². The average molecular weight is 254 g/mol. The summed E-state index contributed by atoms with van der Waals surface area (Å²) in [6, 6.07) is 4.54. The van der Waals surface area contributed by atoms with Crippen LogP contribution in [0.2, 0.25) is 0 Å². The van der Waals surface area contributed by atoms with Crippen molar-refractivity contribution in [3.8, 4) is 0 Å². The summed E-state index contributed by atoms with van der Waals surface area (Å²) in [5, 5.41) is 11.8. The fourth-order valence-corrected chi connectivity index (χ4v) is 1.76. The SMILES string of the molecule is CSCCN(C)c1ccc(CNC(C)C)nn1. The van der Waals surface area contributed by atoms with Gasteiger partial charge in [0.1, 0.15) is 0 Å². The van der Waals surface area contributed by atoms with Crippen LogP contribution in [0.1, 0.15) is 19.5 Å². The molecular formula is C12H22N4S. The molecular weight excluding hydrogens is 232 g/mol. The Balaban J connectivity index is 2.49. The van der Waals surface area contributed by atoms with E-state index >= 15 is 0 Å². The van der Waals surface area contributed by atoms with Crippen molar-refractivity contribution in [2.75, 3.05) is 30.5 Å². The zero-order valence-corrected chi connectivity index (χ0v) is 11.9. The lowest BCUT2D eigenvalue weighted by molar-refractivity contribution is 0.577. The van der Waals surface area contributed by atoms with Crippen molar-refractivity contribution >= 4 is 17.6 Å². The molecule has 0 spiro atoms. The summed E-state index contributed by atoms with van der Waals surface area (Å²) in [7, 11) is 2.05. The predicted molar refractivity (Wildman–Crippen MR) is 75.7 cm³/mol. The van der Waals surface area contributed by atoms with Crippen LogP contribution in [0.4, 0.5) is 5.82 Å². The normalized spacial score (nSPS) is 10.9. The number of aromatic nitrogens is 2. The van der Waals surface area contributed by atoms with Gasteiger partial charge in [-0.15, -0.1) is 5.10 Å². The Morgan fingerprint density at radius 3 is 2.65 bits per heavy atom. The van der Waals surface area contributed by atoms with Crippen LogP contribution in [0.3, 0.4) is 0 Å². The molecule has 0 aliphatic heterocycles. The third kappa shape index (κ3) is 5.37. The van der Waals surface area contributed by atoms with Crippen molar-refractivity contribution in [2.45, 2.75) is 26.4 Å². The van der Waals surface area contributed by atoms with Crippen molar-refractivity contribution in [2.24, 2.45) is 0 Å².